The van der Waals surface area contributed by atoms with Gasteiger partial charge in [-0.1, -0.05) is 84.6 Å². The van der Waals surface area contributed by atoms with Gasteiger partial charge in [0.2, 0.25) is 11.8 Å². The summed E-state index contributed by atoms with van der Waals surface area (Å²) in [5.41, 5.74) is 6.93. The van der Waals surface area contributed by atoms with Gasteiger partial charge >= 0.3 is 6.09 Å². The third-order valence-electron chi connectivity index (χ3n) is 11.2. The normalized spacial score (nSPS) is 22.1. The lowest BCUT2D eigenvalue weighted by molar-refractivity contribution is -0.137. The Morgan fingerprint density at radius 1 is 0.815 bits per heavy atom. The van der Waals surface area contributed by atoms with Gasteiger partial charge in [0.1, 0.15) is 11.9 Å². The molecule has 3 aromatic rings. The number of aromatic amines is 1. The highest BCUT2D eigenvalue weighted by atomic mass is 16.5. The zero-order valence-corrected chi connectivity index (χ0v) is 32.8. The van der Waals surface area contributed by atoms with E-state index in [1.54, 1.807) is 0 Å². The molecule has 284 valence electrons. The molecule has 2 fully saturated rings. The van der Waals surface area contributed by atoms with Crippen molar-refractivity contribution in [3.8, 4) is 23.1 Å². The van der Waals surface area contributed by atoms with E-state index in [2.05, 4.69) is 62.0 Å². The maximum Gasteiger partial charge on any atom is 0.407 e. The fraction of sp³-hybridized carbons (Fsp3) is 0.477. The summed E-state index contributed by atoms with van der Waals surface area (Å²) in [4.78, 5) is 55.8. The number of amides is 3. The van der Waals surface area contributed by atoms with Crippen molar-refractivity contribution in [1.29, 1.82) is 0 Å². The smallest absolute Gasteiger partial charge is 0.407 e. The summed E-state index contributed by atoms with van der Waals surface area (Å²) in [6, 6.07) is 15.5. The van der Waals surface area contributed by atoms with Crippen molar-refractivity contribution in [3.05, 3.63) is 83.4 Å². The number of likely N-dealkylation sites (tertiary alicyclic amines) is 2. The van der Waals surface area contributed by atoms with E-state index in [4.69, 9.17) is 14.7 Å². The van der Waals surface area contributed by atoms with Crippen molar-refractivity contribution < 1.29 is 19.1 Å². The first-order chi connectivity index (χ1) is 25.8. The Kier molecular flexibility index (Phi) is 11.8. The third kappa shape index (κ3) is 8.46. The predicted octanol–water partition coefficient (Wildman–Crippen LogP) is 7.48. The number of rotatable bonds is 9. The molecule has 0 saturated carbocycles. The fourth-order valence-electron chi connectivity index (χ4n) is 7.70. The molecule has 3 aliphatic rings. The lowest BCUT2D eigenvalue weighted by Gasteiger charge is -2.31. The molecule has 0 spiro atoms. The van der Waals surface area contributed by atoms with Crippen LogP contribution in [0.1, 0.15) is 96.3 Å². The van der Waals surface area contributed by atoms with Gasteiger partial charge in [-0.05, 0) is 77.5 Å². The van der Waals surface area contributed by atoms with Gasteiger partial charge in [-0.25, -0.2) is 9.78 Å². The molecule has 54 heavy (non-hydrogen) atoms. The summed E-state index contributed by atoms with van der Waals surface area (Å²) in [5, 5.41) is 2.73. The first-order valence-electron chi connectivity index (χ1n) is 19.3. The van der Waals surface area contributed by atoms with E-state index in [0.717, 1.165) is 64.4 Å². The summed E-state index contributed by atoms with van der Waals surface area (Å²) in [6.07, 6.45) is 5.58. The highest BCUT2D eigenvalue weighted by Gasteiger charge is 2.41. The van der Waals surface area contributed by atoms with E-state index in [9.17, 15) is 14.4 Å². The second-order valence-electron chi connectivity index (χ2n) is 16.1. The lowest BCUT2D eigenvalue weighted by atomic mass is 9.96. The number of aromatic nitrogens is 2. The second-order valence-corrected chi connectivity index (χ2v) is 16.1. The zero-order chi connectivity index (χ0) is 38.7. The first-order valence-corrected chi connectivity index (χ1v) is 19.3. The molecule has 0 bridgehead atoms. The Hall–Kier alpha value is -5.17. The third-order valence-corrected chi connectivity index (χ3v) is 11.2. The van der Waals surface area contributed by atoms with E-state index in [1.807, 2.05) is 79.4 Å². The lowest BCUT2D eigenvalue weighted by Crippen LogP contribution is -2.53. The quantitative estimate of drug-likeness (QED) is 0.221. The maximum atomic E-state index is 13.7. The van der Waals surface area contributed by atoms with Crippen molar-refractivity contribution in [1.82, 2.24) is 25.1 Å². The molecule has 2 N–H and O–H groups in total. The van der Waals surface area contributed by atoms with Crippen LogP contribution in [-0.2, 0) is 14.3 Å². The molecule has 2 aromatic carbocycles. The standard InChI is InChI=1S/C44H54N6O4/c1-26(2)30(7)42(51)50-25-29(6)20-39(50)41-46-23-37(47-41)34-17-13-32(14-18-34)10-9-31-11-15-33(16-12-31)35-21-36(45-22-35)38-19-28(5)24-49(38)43(52)40(27(3)4)48-44(53)54-8/h11-18,22-23,26-30,38-40H,19-21,24-25H2,1-8H3,(H,46,47)(H,48,53)/t28-,29-,30-,38-,39-,40-/m0/s1. The number of hydrogen-bond acceptors (Lipinski definition) is 6. The summed E-state index contributed by atoms with van der Waals surface area (Å²) in [6.45, 7) is 15.8. The highest BCUT2D eigenvalue weighted by molar-refractivity contribution is 6.03. The number of hydrogen-bond donors (Lipinski definition) is 2. The van der Waals surface area contributed by atoms with Gasteiger partial charge in [-0.15, -0.1) is 0 Å². The first kappa shape index (κ1) is 38.6. The van der Waals surface area contributed by atoms with Crippen molar-refractivity contribution in [2.45, 2.75) is 85.9 Å². The minimum Gasteiger partial charge on any atom is -0.453 e. The molecule has 3 amide bonds. The molecular weight excluding hydrogens is 677 g/mol. The molecule has 6 rings (SSSR count). The van der Waals surface area contributed by atoms with E-state index in [-0.39, 0.29) is 35.7 Å². The number of benzene rings is 2. The molecule has 10 heteroatoms. The predicted molar refractivity (Wildman–Crippen MR) is 212 cm³/mol. The number of nitrogens with zero attached hydrogens (tertiary/aromatic N) is 4. The van der Waals surface area contributed by atoms with Crippen LogP contribution in [-0.4, -0.2) is 75.7 Å². The van der Waals surface area contributed by atoms with Gasteiger partial charge < -0.3 is 24.8 Å². The van der Waals surface area contributed by atoms with Crippen LogP contribution in [0.2, 0.25) is 0 Å². The summed E-state index contributed by atoms with van der Waals surface area (Å²) in [7, 11) is 1.30. The van der Waals surface area contributed by atoms with Gasteiger partial charge in [-0.2, -0.15) is 0 Å². The van der Waals surface area contributed by atoms with Crippen LogP contribution in [0.25, 0.3) is 16.8 Å². The molecular formula is C44H54N6O4. The van der Waals surface area contributed by atoms with Gasteiger partial charge in [-0.3, -0.25) is 14.6 Å². The van der Waals surface area contributed by atoms with E-state index in [1.165, 1.54) is 7.11 Å². The van der Waals surface area contributed by atoms with Crippen LogP contribution < -0.4 is 5.32 Å². The summed E-state index contributed by atoms with van der Waals surface area (Å²) < 4.78 is 4.78. The summed E-state index contributed by atoms with van der Waals surface area (Å²) in [5.74, 6) is 8.48. The molecule has 10 nitrogen and oxygen atoms in total. The topological polar surface area (TPSA) is 120 Å². The minimum atomic E-state index is -0.662. The van der Waals surface area contributed by atoms with Crippen molar-refractivity contribution in [2.75, 3.05) is 20.2 Å². The second kappa shape index (κ2) is 16.5. The average Bonchev–Trinajstić information content (AvgIpc) is 3.99. The van der Waals surface area contributed by atoms with Gasteiger partial charge in [0.25, 0.3) is 0 Å². The van der Waals surface area contributed by atoms with E-state index >= 15 is 0 Å². The van der Waals surface area contributed by atoms with Gasteiger partial charge in [0, 0.05) is 48.5 Å². The molecule has 0 aliphatic carbocycles. The van der Waals surface area contributed by atoms with Crippen LogP contribution in [0.5, 0.6) is 0 Å². The van der Waals surface area contributed by atoms with Crippen molar-refractivity contribution >= 4 is 29.2 Å². The molecule has 6 atom stereocenters. The minimum absolute atomic E-state index is 0.0212. The maximum absolute atomic E-state index is 13.7. The number of methoxy groups -OCH3 is 1. The zero-order valence-electron chi connectivity index (χ0n) is 32.8. The number of carbonyl (C=O) groups is 3. The van der Waals surface area contributed by atoms with E-state index in [0.29, 0.717) is 30.7 Å². The molecule has 4 heterocycles. The number of H-pyrrole nitrogens is 1. The molecule has 0 unspecified atom stereocenters. The van der Waals surface area contributed by atoms with Crippen molar-refractivity contribution in [2.24, 2.45) is 34.6 Å². The molecule has 3 aliphatic heterocycles. The number of carbonyl (C=O) groups excluding carboxylic acids is 3. The number of alkyl carbamates (subject to hydrolysis) is 1. The Labute approximate surface area is 319 Å². The Morgan fingerprint density at radius 3 is 1.96 bits per heavy atom. The van der Waals surface area contributed by atoms with Gasteiger partial charge in [0.15, 0.2) is 0 Å². The highest BCUT2D eigenvalue weighted by Crippen LogP contribution is 2.37. The molecule has 2 saturated heterocycles. The van der Waals surface area contributed by atoms with Crippen LogP contribution in [0.3, 0.4) is 0 Å². The Bertz CT molecular complexity index is 1970. The van der Waals surface area contributed by atoms with E-state index < -0.39 is 12.1 Å². The molecule has 0 radical (unpaired) electrons. The summed E-state index contributed by atoms with van der Waals surface area (Å²) >= 11 is 0. The fourth-order valence-corrected chi connectivity index (χ4v) is 7.70. The van der Waals surface area contributed by atoms with Crippen LogP contribution in [0, 0.1) is 41.4 Å². The number of nitrogens with one attached hydrogen (secondary N) is 2. The average molecular weight is 731 g/mol. The van der Waals surface area contributed by atoms with Crippen molar-refractivity contribution in [3.63, 3.8) is 0 Å². The SMILES string of the molecule is COC(=O)N[C@H](C(=O)N1C[C@@H](C)C[C@H]1C1=NC=C(c2ccc(C#Cc3ccc(-c4cnc([C@@H]5C[C@H](C)CN5C(=O)[C@@H](C)C(C)C)[nH]4)cc3)cc2)C1)C(C)C. The Morgan fingerprint density at radius 2 is 1.39 bits per heavy atom. The molecule has 1 aromatic heterocycles. The van der Waals surface area contributed by atoms with Gasteiger partial charge in [0.05, 0.1) is 31.1 Å². The largest absolute Gasteiger partial charge is 0.453 e. The number of allylic oxidation sites excluding steroid dienone is 1. The number of aliphatic imine (C=N–C) groups is 1. The Balaban J connectivity index is 1.06. The van der Waals surface area contributed by atoms with Crippen LogP contribution >= 0.6 is 0 Å². The number of ether oxygens (including phenoxy) is 1. The number of imidazole rings is 1. The van der Waals surface area contributed by atoms with Crippen LogP contribution in [0.4, 0.5) is 4.79 Å². The van der Waals surface area contributed by atoms with Crippen LogP contribution in [0.15, 0.2) is 65.9 Å². The monoisotopic (exact) mass is 730 g/mol.